The molecule has 1 amide bonds. The fourth-order valence-electron chi connectivity index (χ4n) is 4.14. The maximum absolute atomic E-state index is 12.2. The summed E-state index contributed by atoms with van der Waals surface area (Å²) in [6.07, 6.45) is 7.77. The minimum atomic E-state index is 0.127. The van der Waals surface area contributed by atoms with Crippen LogP contribution in [0.2, 0.25) is 0 Å². The second kappa shape index (κ2) is 5.69. The van der Waals surface area contributed by atoms with Gasteiger partial charge >= 0.3 is 0 Å². The van der Waals surface area contributed by atoms with Crippen molar-refractivity contribution in [3.8, 4) is 0 Å². The van der Waals surface area contributed by atoms with Crippen LogP contribution in [0.15, 0.2) is 24.5 Å². The highest BCUT2D eigenvalue weighted by Gasteiger charge is 2.37. The summed E-state index contributed by atoms with van der Waals surface area (Å²) in [5.74, 6) is 1.01. The fraction of sp³-hybridized carbons (Fsp3) is 0.500. The number of aromatic nitrogens is 1. The molecule has 126 valence electrons. The maximum atomic E-state index is 12.2. The minimum Gasteiger partial charge on any atom is -0.317 e. The van der Waals surface area contributed by atoms with Gasteiger partial charge < -0.3 is 5.32 Å². The lowest BCUT2D eigenvalue weighted by Crippen LogP contribution is -2.27. The van der Waals surface area contributed by atoms with Gasteiger partial charge in [0, 0.05) is 29.6 Å². The SMILES string of the molecule is CC(C)(C)[C@@H]1CCc2c(sc3c2[C@H](c2cccnc2)CC(=O)N3)C1. The van der Waals surface area contributed by atoms with E-state index < -0.39 is 0 Å². The molecule has 1 N–H and O–H groups in total. The number of carbonyl (C=O) groups is 1. The molecule has 1 aliphatic carbocycles. The van der Waals surface area contributed by atoms with E-state index in [1.165, 1.54) is 22.4 Å². The Balaban J connectivity index is 1.76. The molecular formula is C20H24N2OS. The number of rotatable bonds is 1. The molecule has 24 heavy (non-hydrogen) atoms. The topological polar surface area (TPSA) is 42.0 Å². The average Bonchev–Trinajstić information content (AvgIpc) is 2.91. The molecule has 4 heteroatoms. The highest BCUT2D eigenvalue weighted by Crippen LogP contribution is 2.50. The smallest absolute Gasteiger partial charge is 0.225 e. The summed E-state index contributed by atoms with van der Waals surface area (Å²) in [5.41, 5.74) is 4.38. The summed E-state index contributed by atoms with van der Waals surface area (Å²) >= 11 is 1.81. The van der Waals surface area contributed by atoms with Gasteiger partial charge in [-0.25, -0.2) is 0 Å². The van der Waals surface area contributed by atoms with E-state index >= 15 is 0 Å². The van der Waals surface area contributed by atoms with E-state index in [1.54, 1.807) is 6.20 Å². The molecule has 2 aromatic rings. The fourth-order valence-corrected chi connectivity index (χ4v) is 5.55. The molecule has 0 radical (unpaired) electrons. The highest BCUT2D eigenvalue weighted by molar-refractivity contribution is 7.16. The van der Waals surface area contributed by atoms with E-state index in [-0.39, 0.29) is 11.8 Å². The van der Waals surface area contributed by atoms with Crippen molar-refractivity contribution >= 4 is 22.2 Å². The number of nitrogens with zero attached hydrogens (tertiary/aromatic N) is 1. The van der Waals surface area contributed by atoms with Crippen molar-refractivity contribution < 1.29 is 4.79 Å². The summed E-state index contributed by atoms with van der Waals surface area (Å²) in [4.78, 5) is 18.0. The number of anilines is 1. The average molecular weight is 340 g/mol. The highest BCUT2D eigenvalue weighted by atomic mass is 32.1. The van der Waals surface area contributed by atoms with E-state index in [1.807, 2.05) is 23.6 Å². The predicted octanol–water partition coefficient (Wildman–Crippen LogP) is 4.77. The molecule has 3 heterocycles. The van der Waals surface area contributed by atoms with Crippen LogP contribution in [0.1, 0.15) is 61.1 Å². The van der Waals surface area contributed by atoms with Gasteiger partial charge in [0.05, 0.1) is 5.00 Å². The van der Waals surface area contributed by atoms with Crippen molar-refractivity contribution in [1.29, 1.82) is 0 Å². The summed E-state index contributed by atoms with van der Waals surface area (Å²) in [6, 6.07) is 4.07. The Morgan fingerprint density at radius 2 is 2.12 bits per heavy atom. The number of hydrogen-bond donors (Lipinski definition) is 1. The number of pyridine rings is 1. The second-order valence-corrected chi connectivity index (χ2v) is 9.25. The lowest BCUT2D eigenvalue weighted by Gasteiger charge is -2.34. The second-order valence-electron chi connectivity index (χ2n) is 8.14. The number of hydrogen-bond acceptors (Lipinski definition) is 3. The quantitative estimate of drug-likeness (QED) is 0.812. The van der Waals surface area contributed by atoms with Crippen LogP contribution in [0.4, 0.5) is 5.00 Å². The summed E-state index contributed by atoms with van der Waals surface area (Å²) in [7, 11) is 0. The molecule has 0 spiro atoms. The monoisotopic (exact) mass is 340 g/mol. The van der Waals surface area contributed by atoms with E-state index in [4.69, 9.17) is 0 Å². The molecule has 0 aromatic carbocycles. The molecule has 1 aliphatic heterocycles. The number of thiophene rings is 1. The first-order valence-corrected chi connectivity index (χ1v) is 9.59. The largest absolute Gasteiger partial charge is 0.317 e. The van der Waals surface area contributed by atoms with Gasteiger partial charge in [-0.3, -0.25) is 9.78 Å². The zero-order chi connectivity index (χ0) is 16.9. The van der Waals surface area contributed by atoms with E-state index in [0.717, 1.165) is 29.3 Å². The Labute approximate surface area is 147 Å². The lowest BCUT2D eigenvalue weighted by molar-refractivity contribution is -0.116. The molecule has 0 saturated carbocycles. The van der Waals surface area contributed by atoms with E-state index in [2.05, 4.69) is 37.1 Å². The zero-order valence-corrected chi connectivity index (χ0v) is 15.4. The van der Waals surface area contributed by atoms with Crippen LogP contribution >= 0.6 is 11.3 Å². The van der Waals surface area contributed by atoms with Gasteiger partial charge in [-0.15, -0.1) is 11.3 Å². The van der Waals surface area contributed by atoms with Crippen LogP contribution in [-0.4, -0.2) is 10.9 Å². The van der Waals surface area contributed by atoms with Crippen LogP contribution in [-0.2, 0) is 17.6 Å². The van der Waals surface area contributed by atoms with Crippen molar-refractivity contribution in [2.45, 2.75) is 52.4 Å². The number of amides is 1. The Bertz CT molecular complexity index is 773. The van der Waals surface area contributed by atoms with E-state index in [9.17, 15) is 4.79 Å². The molecule has 4 rings (SSSR count). The Kier molecular flexibility index (Phi) is 3.75. The first kappa shape index (κ1) is 15.8. The molecule has 0 saturated heterocycles. The lowest BCUT2D eigenvalue weighted by atomic mass is 9.71. The number of nitrogens with one attached hydrogen (secondary N) is 1. The van der Waals surface area contributed by atoms with Crippen molar-refractivity contribution in [2.75, 3.05) is 5.32 Å². The van der Waals surface area contributed by atoms with Gasteiger partial charge in [-0.2, -0.15) is 0 Å². The zero-order valence-electron chi connectivity index (χ0n) is 14.6. The Morgan fingerprint density at radius 1 is 1.29 bits per heavy atom. The normalized spacial score (nSPS) is 23.4. The van der Waals surface area contributed by atoms with Gasteiger partial charge in [-0.05, 0) is 53.4 Å². The van der Waals surface area contributed by atoms with Crippen LogP contribution in [0.25, 0.3) is 0 Å². The third-order valence-electron chi connectivity index (χ3n) is 5.61. The van der Waals surface area contributed by atoms with Gasteiger partial charge in [0.2, 0.25) is 5.91 Å². The van der Waals surface area contributed by atoms with Gasteiger partial charge in [0.1, 0.15) is 0 Å². The van der Waals surface area contributed by atoms with Crippen LogP contribution in [0, 0.1) is 11.3 Å². The van der Waals surface area contributed by atoms with Crippen molar-refractivity contribution in [3.05, 3.63) is 46.1 Å². The standard InChI is InChI=1S/C20H24N2OS/c1-20(2,3)13-6-7-14-16(9-13)24-19-18(14)15(10-17(23)22-19)12-5-4-8-21-11-12/h4-5,8,11,13,15H,6-7,9-10H2,1-3H3,(H,22,23)/t13-,15+/m1/s1. The molecule has 0 fully saturated rings. The number of carbonyl (C=O) groups excluding carboxylic acids is 1. The summed E-state index contributed by atoms with van der Waals surface area (Å²) in [6.45, 7) is 7.03. The predicted molar refractivity (Wildman–Crippen MR) is 98.6 cm³/mol. The number of fused-ring (bicyclic) bond motifs is 3. The first-order chi connectivity index (χ1) is 11.4. The summed E-state index contributed by atoms with van der Waals surface area (Å²) < 4.78 is 0. The molecule has 2 aromatic heterocycles. The third kappa shape index (κ3) is 2.67. The van der Waals surface area contributed by atoms with Crippen molar-refractivity contribution in [2.24, 2.45) is 11.3 Å². The van der Waals surface area contributed by atoms with Gasteiger partial charge in [0.25, 0.3) is 0 Å². The third-order valence-corrected chi connectivity index (χ3v) is 6.79. The molecule has 3 nitrogen and oxygen atoms in total. The maximum Gasteiger partial charge on any atom is 0.225 e. The summed E-state index contributed by atoms with van der Waals surface area (Å²) in [5, 5.41) is 4.21. The van der Waals surface area contributed by atoms with Gasteiger partial charge in [-0.1, -0.05) is 26.8 Å². The molecule has 0 unspecified atom stereocenters. The molecule has 0 bridgehead atoms. The van der Waals surface area contributed by atoms with Crippen LogP contribution in [0.3, 0.4) is 0 Å². The van der Waals surface area contributed by atoms with Crippen LogP contribution < -0.4 is 5.32 Å². The molecular weight excluding hydrogens is 316 g/mol. The van der Waals surface area contributed by atoms with Crippen molar-refractivity contribution in [3.63, 3.8) is 0 Å². The first-order valence-electron chi connectivity index (χ1n) is 8.77. The van der Waals surface area contributed by atoms with E-state index in [0.29, 0.717) is 11.8 Å². The Morgan fingerprint density at radius 3 is 2.83 bits per heavy atom. The van der Waals surface area contributed by atoms with Crippen molar-refractivity contribution in [1.82, 2.24) is 4.98 Å². The minimum absolute atomic E-state index is 0.127. The van der Waals surface area contributed by atoms with Gasteiger partial charge in [0.15, 0.2) is 0 Å². The molecule has 2 atom stereocenters. The van der Waals surface area contributed by atoms with Crippen LogP contribution in [0.5, 0.6) is 0 Å². The Hall–Kier alpha value is -1.68. The molecule has 2 aliphatic rings.